The van der Waals surface area contributed by atoms with Crippen LogP contribution in [0.15, 0.2) is 24.3 Å². The van der Waals surface area contributed by atoms with Crippen LogP contribution in [0.5, 0.6) is 0 Å². The minimum atomic E-state index is -0.308. The monoisotopic (exact) mass is 239 g/mol. The standard InChI is InChI=1S/C13H18FNO2/c1-10(2)3-4-12(9-15(16)17)11-5-7-13(14)8-6-11/h5-8,10,12H,3-4,9H2,1-2H3. The zero-order valence-electron chi connectivity index (χ0n) is 10.2. The van der Waals surface area contributed by atoms with E-state index >= 15 is 0 Å². The van der Waals surface area contributed by atoms with Crippen molar-refractivity contribution in [1.82, 2.24) is 0 Å². The minimum Gasteiger partial charge on any atom is -0.265 e. The van der Waals surface area contributed by atoms with Gasteiger partial charge in [-0.05, 0) is 30.0 Å². The van der Waals surface area contributed by atoms with E-state index in [0.717, 1.165) is 18.4 Å². The molecule has 0 aromatic heterocycles. The molecule has 1 unspecified atom stereocenters. The van der Waals surface area contributed by atoms with E-state index in [1.807, 2.05) is 0 Å². The zero-order chi connectivity index (χ0) is 12.8. The van der Waals surface area contributed by atoms with Crippen LogP contribution in [0.2, 0.25) is 0 Å². The molecule has 1 rings (SSSR count). The first-order valence-corrected chi connectivity index (χ1v) is 5.86. The molecule has 0 radical (unpaired) electrons. The third-order valence-electron chi connectivity index (χ3n) is 2.80. The smallest absolute Gasteiger partial charge is 0.210 e. The van der Waals surface area contributed by atoms with Crippen molar-refractivity contribution in [2.24, 2.45) is 5.92 Å². The van der Waals surface area contributed by atoms with Crippen molar-refractivity contribution in [2.75, 3.05) is 6.54 Å². The lowest BCUT2D eigenvalue weighted by atomic mass is 9.91. The van der Waals surface area contributed by atoms with Gasteiger partial charge in [-0.2, -0.15) is 0 Å². The average Bonchev–Trinajstić information content (AvgIpc) is 2.25. The van der Waals surface area contributed by atoms with Crippen molar-refractivity contribution in [3.05, 3.63) is 45.8 Å². The van der Waals surface area contributed by atoms with E-state index in [4.69, 9.17) is 0 Å². The lowest BCUT2D eigenvalue weighted by Crippen LogP contribution is -2.13. The summed E-state index contributed by atoms with van der Waals surface area (Å²) in [5.41, 5.74) is 0.851. The number of halogens is 1. The fourth-order valence-electron chi connectivity index (χ4n) is 1.81. The van der Waals surface area contributed by atoms with Gasteiger partial charge in [-0.25, -0.2) is 4.39 Å². The Labute approximate surface area is 101 Å². The van der Waals surface area contributed by atoms with Crippen LogP contribution in [0, 0.1) is 21.8 Å². The first-order valence-electron chi connectivity index (χ1n) is 5.86. The average molecular weight is 239 g/mol. The predicted octanol–water partition coefficient (Wildman–Crippen LogP) is 3.62. The largest absolute Gasteiger partial charge is 0.265 e. The molecule has 0 fully saturated rings. The van der Waals surface area contributed by atoms with Crippen molar-refractivity contribution < 1.29 is 9.31 Å². The van der Waals surface area contributed by atoms with Crippen LogP contribution in [0.4, 0.5) is 4.39 Å². The third-order valence-corrected chi connectivity index (χ3v) is 2.80. The molecule has 3 nitrogen and oxygen atoms in total. The zero-order valence-corrected chi connectivity index (χ0v) is 10.2. The summed E-state index contributed by atoms with van der Waals surface area (Å²) in [6, 6.07) is 6.00. The van der Waals surface area contributed by atoms with Crippen LogP contribution in [0.3, 0.4) is 0 Å². The Hall–Kier alpha value is -1.45. The van der Waals surface area contributed by atoms with Gasteiger partial charge in [-0.1, -0.05) is 32.4 Å². The first-order chi connectivity index (χ1) is 7.99. The van der Waals surface area contributed by atoms with Gasteiger partial charge in [0.2, 0.25) is 6.54 Å². The molecule has 0 saturated carbocycles. The van der Waals surface area contributed by atoms with E-state index < -0.39 is 0 Å². The van der Waals surface area contributed by atoms with Crippen molar-refractivity contribution in [2.45, 2.75) is 32.6 Å². The summed E-state index contributed by atoms with van der Waals surface area (Å²) in [5.74, 6) is 0.0927. The Kier molecular flexibility index (Phi) is 5.07. The maximum Gasteiger partial charge on any atom is 0.210 e. The molecule has 1 atom stereocenters. The van der Waals surface area contributed by atoms with Crippen LogP contribution < -0.4 is 0 Å². The molecule has 94 valence electrons. The topological polar surface area (TPSA) is 43.1 Å². The van der Waals surface area contributed by atoms with Gasteiger partial charge in [-0.3, -0.25) is 10.1 Å². The summed E-state index contributed by atoms with van der Waals surface area (Å²) in [7, 11) is 0. The molecular weight excluding hydrogens is 221 g/mol. The van der Waals surface area contributed by atoms with Crippen LogP contribution in [-0.4, -0.2) is 11.5 Å². The SMILES string of the molecule is CC(C)CCC(C[N+](=O)[O-])c1ccc(F)cc1. The number of rotatable bonds is 6. The van der Waals surface area contributed by atoms with Gasteiger partial charge in [-0.15, -0.1) is 0 Å². The number of nitrogens with zero attached hydrogens (tertiary/aromatic N) is 1. The van der Waals surface area contributed by atoms with Gasteiger partial charge in [0.25, 0.3) is 0 Å². The van der Waals surface area contributed by atoms with E-state index in [2.05, 4.69) is 13.8 Å². The molecule has 0 aliphatic carbocycles. The molecule has 0 aliphatic rings. The lowest BCUT2D eigenvalue weighted by molar-refractivity contribution is -0.483. The Morgan fingerprint density at radius 2 is 1.82 bits per heavy atom. The van der Waals surface area contributed by atoms with Crippen molar-refractivity contribution in [3.63, 3.8) is 0 Å². The van der Waals surface area contributed by atoms with Gasteiger partial charge in [0.05, 0.1) is 0 Å². The lowest BCUT2D eigenvalue weighted by Gasteiger charge is -2.14. The number of benzene rings is 1. The van der Waals surface area contributed by atoms with E-state index in [1.165, 1.54) is 12.1 Å². The first kappa shape index (κ1) is 13.6. The number of hydrogen-bond donors (Lipinski definition) is 0. The maximum absolute atomic E-state index is 12.8. The number of hydrogen-bond acceptors (Lipinski definition) is 2. The molecule has 1 aromatic rings. The summed E-state index contributed by atoms with van der Waals surface area (Å²) in [4.78, 5) is 10.3. The molecule has 0 N–H and O–H groups in total. The molecule has 0 bridgehead atoms. The Balaban J connectivity index is 2.74. The molecular formula is C13H18FNO2. The van der Waals surface area contributed by atoms with Crippen molar-refractivity contribution >= 4 is 0 Å². The van der Waals surface area contributed by atoms with Gasteiger partial charge in [0, 0.05) is 10.8 Å². The van der Waals surface area contributed by atoms with E-state index in [-0.39, 0.29) is 23.2 Å². The second kappa shape index (κ2) is 6.33. The van der Waals surface area contributed by atoms with Crippen LogP contribution >= 0.6 is 0 Å². The quantitative estimate of drug-likeness (QED) is 0.562. The molecule has 4 heteroatoms. The van der Waals surface area contributed by atoms with Gasteiger partial charge in [0.15, 0.2) is 0 Å². The minimum absolute atomic E-state index is 0.0850. The highest BCUT2D eigenvalue weighted by molar-refractivity contribution is 5.20. The third kappa shape index (κ3) is 4.93. The number of nitro groups is 1. The fraction of sp³-hybridized carbons (Fsp3) is 0.538. The van der Waals surface area contributed by atoms with Crippen molar-refractivity contribution in [3.8, 4) is 0 Å². The molecule has 0 saturated heterocycles. The van der Waals surface area contributed by atoms with Crippen LogP contribution in [-0.2, 0) is 0 Å². The van der Waals surface area contributed by atoms with Gasteiger partial charge >= 0.3 is 0 Å². The van der Waals surface area contributed by atoms with Crippen LogP contribution in [0.25, 0.3) is 0 Å². The summed E-state index contributed by atoms with van der Waals surface area (Å²) in [6.45, 7) is 4.10. The highest BCUT2D eigenvalue weighted by Crippen LogP contribution is 2.24. The van der Waals surface area contributed by atoms with E-state index in [9.17, 15) is 14.5 Å². The normalized spacial score (nSPS) is 12.7. The van der Waals surface area contributed by atoms with E-state index in [0.29, 0.717) is 5.92 Å². The van der Waals surface area contributed by atoms with Crippen LogP contribution in [0.1, 0.15) is 38.2 Å². The highest BCUT2D eigenvalue weighted by atomic mass is 19.1. The van der Waals surface area contributed by atoms with E-state index in [1.54, 1.807) is 12.1 Å². The molecule has 0 heterocycles. The summed E-state index contributed by atoms with van der Waals surface area (Å²) in [6.07, 6.45) is 1.71. The maximum atomic E-state index is 12.8. The summed E-state index contributed by atoms with van der Waals surface area (Å²) >= 11 is 0. The fourth-order valence-corrected chi connectivity index (χ4v) is 1.81. The Morgan fingerprint density at radius 3 is 2.29 bits per heavy atom. The Bertz CT molecular complexity index is 362. The molecule has 17 heavy (non-hydrogen) atoms. The highest BCUT2D eigenvalue weighted by Gasteiger charge is 2.18. The van der Waals surface area contributed by atoms with Gasteiger partial charge < -0.3 is 0 Å². The van der Waals surface area contributed by atoms with Gasteiger partial charge in [0.1, 0.15) is 5.82 Å². The predicted molar refractivity (Wildman–Crippen MR) is 65.1 cm³/mol. The van der Waals surface area contributed by atoms with Crippen molar-refractivity contribution in [1.29, 1.82) is 0 Å². The second-order valence-corrected chi connectivity index (χ2v) is 4.73. The second-order valence-electron chi connectivity index (χ2n) is 4.73. The molecule has 0 aliphatic heterocycles. The summed E-state index contributed by atoms with van der Waals surface area (Å²) in [5, 5.41) is 10.6. The molecule has 0 amide bonds. The molecule has 1 aromatic carbocycles. The molecule has 0 spiro atoms. The Morgan fingerprint density at radius 1 is 1.24 bits per heavy atom. The summed E-state index contributed by atoms with van der Waals surface area (Å²) < 4.78 is 12.8.